The summed E-state index contributed by atoms with van der Waals surface area (Å²) in [4.78, 5) is 39.3. The Hall–Kier alpha value is -2.75. The van der Waals surface area contributed by atoms with Gasteiger partial charge >= 0.3 is 0 Å². The van der Waals surface area contributed by atoms with Crippen molar-refractivity contribution in [2.24, 2.45) is 11.8 Å². The second-order valence-electron chi connectivity index (χ2n) is 6.79. The number of imide groups is 1. The van der Waals surface area contributed by atoms with Gasteiger partial charge in [-0.05, 0) is 35.7 Å². The highest BCUT2D eigenvalue weighted by molar-refractivity contribution is 6.31. The molecule has 2 atom stereocenters. The van der Waals surface area contributed by atoms with Crippen LogP contribution in [0.5, 0.6) is 0 Å². The first-order valence-corrected chi connectivity index (χ1v) is 8.27. The predicted molar refractivity (Wildman–Crippen MR) is 89.3 cm³/mol. The number of Topliss-reactive ketones (excluding diaryl/α,β-unsaturated/α-hetero) is 1. The van der Waals surface area contributed by atoms with Crippen LogP contribution in [0.4, 0.5) is 5.69 Å². The summed E-state index contributed by atoms with van der Waals surface area (Å²) in [6.07, 6.45) is 1.82. The van der Waals surface area contributed by atoms with Gasteiger partial charge in [0.15, 0.2) is 0 Å². The monoisotopic (exact) mass is 317 g/mol. The first-order chi connectivity index (χ1) is 11.6. The van der Waals surface area contributed by atoms with Crippen molar-refractivity contribution in [3.63, 3.8) is 0 Å². The van der Waals surface area contributed by atoms with Crippen molar-refractivity contribution < 1.29 is 14.4 Å². The van der Waals surface area contributed by atoms with Crippen LogP contribution in [0.15, 0.2) is 53.6 Å². The Kier molecular flexibility index (Phi) is 2.64. The summed E-state index contributed by atoms with van der Waals surface area (Å²) < 4.78 is 0. The molecule has 1 heterocycles. The quantitative estimate of drug-likeness (QED) is 0.760. The van der Waals surface area contributed by atoms with Gasteiger partial charge in [0.25, 0.3) is 5.91 Å². The first-order valence-electron chi connectivity index (χ1n) is 8.27. The van der Waals surface area contributed by atoms with Gasteiger partial charge in [-0.1, -0.05) is 35.9 Å². The molecule has 4 nitrogen and oxygen atoms in total. The van der Waals surface area contributed by atoms with Crippen LogP contribution in [0.2, 0.25) is 0 Å². The van der Waals surface area contributed by atoms with E-state index in [4.69, 9.17) is 0 Å². The van der Waals surface area contributed by atoms with E-state index in [9.17, 15) is 14.4 Å². The van der Waals surface area contributed by atoms with E-state index in [2.05, 4.69) is 0 Å². The number of rotatable bonds is 1. The number of carbonyl (C=O) groups excluding carboxylic acids is 3. The van der Waals surface area contributed by atoms with Gasteiger partial charge in [-0.25, -0.2) is 4.90 Å². The topological polar surface area (TPSA) is 54.5 Å². The molecule has 1 saturated heterocycles. The maximum Gasteiger partial charge on any atom is 0.261 e. The number of allylic oxidation sites excluding steroid dienone is 1. The third-order valence-corrected chi connectivity index (χ3v) is 5.56. The average Bonchev–Trinajstić information content (AvgIpc) is 2.88. The highest BCUT2D eigenvalue weighted by Gasteiger charge is 2.55. The summed E-state index contributed by atoms with van der Waals surface area (Å²) in [5.74, 6) is -1.20. The lowest BCUT2D eigenvalue weighted by Crippen LogP contribution is -2.38. The van der Waals surface area contributed by atoms with E-state index in [-0.39, 0.29) is 23.5 Å². The zero-order valence-electron chi connectivity index (χ0n) is 13.0. The lowest BCUT2D eigenvalue weighted by Gasteiger charge is -2.33. The first kappa shape index (κ1) is 13.7. The molecule has 3 aliphatic carbocycles. The summed E-state index contributed by atoms with van der Waals surface area (Å²) in [6, 6.07) is 13.5. The zero-order chi connectivity index (χ0) is 16.4. The van der Waals surface area contributed by atoms with E-state index >= 15 is 0 Å². The van der Waals surface area contributed by atoms with E-state index in [1.165, 1.54) is 4.90 Å². The molecule has 4 heteroatoms. The fraction of sp³-hybridized carbons (Fsp3) is 0.250. The molecule has 2 unspecified atom stereocenters. The normalized spacial score (nSPS) is 25.8. The molecule has 0 spiro atoms. The van der Waals surface area contributed by atoms with Crippen molar-refractivity contribution in [2.75, 3.05) is 4.90 Å². The van der Waals surface area contributed by atoms with Crippen LogP contribution in [-0.2, 0) is 14.4 Å². The largest absolute Gasteiger partial charge is 0.299 e. The van der Waals surface area contributed by atoms with Crippen molar-refractivity contribution in [1.29, 1.82) is 0 Å². The van der Waals surface area contributed by atoms with Crippen molar-refractivity contribution in [3.05, 3.63) is 53.6 Å². The maximum atomic E-state index is 12.9. The number of amides is 2. The second kappa shape index (κ2) is 4.63. The lowest BCUT2D eigenvalue weighted by molar-refractivity contribution is -0.131. The van der Waals surface area contributed by atoms with Gasteiger partial charge in [0, 0.05) is 17.9 Å². The van der Waals surface area contributed by atoms with Gasteiger partial charge in [0.1, 0.15) is 5.78 Å². The molecule has 1 aliphatic heterocycles. The minimum Gasteiger partial charge on any atom is -0.299 e. The van der Waals surface area contributed by atoms with Crippen molar-refractivity contribution in [3.8, 4) is 0 Å². The van der Waals surface area contributed by atoms with E-state index in [1.807, 2.05) is 42.5 Å². The van der Waals surface area contributed by atoms with Crippen LogP contribution in [0, 0.1) is 11.8 Å². The molecule has 118 valence electrons. The van der Waals surface area contributed by atoms with Crippen molar-refractivity contribution >= 4 is 34.1 Å². The number of nitrogens with zero attached hydrogens (tertiary/aromatic N) is 1. The fourth-order valence-electron chi connectivity index (χ4n) is 4.42. The number of fused-ring (bicyclic) bond motifs is 3. The summed E-state index contributed by atoms with van der Waals surface area (Å²) in [5.41, 5.74) is 2.08. The molecular formula is C20H15NO3. The molecule has 0 aromatic heterocycles. The van der Waals surface area contributed by atoms with Crippen LogP contribution in [-0.4, -0.2) is 17.6 Å². The Morgan fingerprint density at radius 3 is 2.54 bits per heavy atom. The summed E-state index contributed by atoms with van der Waals surface area (Å²) in [5, 5.41) is 2.05. The SMILES string of the molecule is O=C1CC2=C3C(=O)N(c4ccc5ccccc5c4)C(=O)C3C1CC2. The van der Waals surface area contributed by atoms with Crippen LogP contribution in [0.25, 0.3) is 10.8 Å². The Balaban J connectivity index is 1.65. The Labute approximate surface area is 138 Å². The molecule has 6 rings (SSSR count). The molecule has 2 fully saturated rings. The molecule has 2 aromatic carbocycles. The molecule has 2 amide bonds. The Bertz CT molecular complexity index is 972. The number of hydrogen-bond donors (Lipinski definition) is 0. The third-order valence-electron chi connectivity index (χ3n) is 5.56. The Morgan fingerprint density at radius 1 is 0.958 bits per heavy atom. The standard InChI is InChI=1S/C20H15NO3/c22-16-10-13-6-8-15(16)18-17(13)19(23)21(20(18)24)14-7-5-11-3-1-2-4-12(11)9-14/h1-5,7,9,15,18H,6,8,10H2. The van der Waals surface area contributed by atoms with Crippen LogP contribution in [0.3, 0.4) is 0 Å². The summed E-state index contributed by atoms with van der Waals surface area (Å²) in [6.45, 7) is 0. The summed E-state index contributed by atoms with van der Waals surface area (Å²) in [7, 11) is 0. The third kappa shape index (κ3) is 1.65. The fourth-order valence-corrected chi connectivity index (χ4v) is 4.42. The number of ketones is 1. The summed E-state index contributed by atoms with van der Waals surface area (Å²) >= 11 is 0. The molecule has 4 aliphatic rings. The van der Waals surface area contributed by atoms with Gasteiger partial charge < -0.3 is 0 Å². The number of benzene rings is 2. The van der Waals surface area contributed by atoms with Gasteiger partial charge in [0.05, 0.1) is 11.6 Å². The molecule has 24 heavy (non-hydrogen) atoms. The maximum absolute atomic E-state index is 12.9. The van der Waals surface area contributed by atoms with Crippen LogP contribution >= 0.6 is 0 Å². The van der Waals surface area contributed by atoms with Crippen molar-refractivity contribution in [1.82, 2.24) is 0 Å². The van der Waals surface area contributed by atoms with Crippen LogP contribution < -0.4 is 4.90 Å². The number of carbonyl (C=O) groups is 3. The van der Waals surface area contributed by atoms with Gasteiger partial charge in [0.2, 0.25) is 5.91 Å². The van der Waals surface area contributed by atoms with Crippen molar-refractivity contribution in [2.45, 2.75) is 19.3 Å². The zero-order valence-corrected chi connectivity index (χ0v) is 13.0. The highest BCUT2D eigenvalue weighted by atomic mass is 16.2. The lowest BCUT2D eigenvalue weighted by atomic mass is 9.67. The average molecular weight is 317 g/mol. The highest BCUT2D eigenvalue weighted by Crippen LogP contribution is 2.48. The second-order valence-corrected chi connectivity index (χ2v) is 6.79. The van der Waals surface area contributed by atoms with Gasteiger partial charge in [-0.15, -0.1) is 0 Å². The molecule has 1 saturated carbocycles. The minimum absolute atomic E-state index is 0.117. The number of anilines is 1. The number of hydrogen-bond acceptors (Lipinski definition) is 3. The van der Waals surface area contributed by atoms with Gasteiger partial charge in [-0.3, -0.25) is 14.4 Å². The smallest absolute Gasteiger partial charge is 0.261 e. The predicted octanol–water partition coefficient (Wildman–Crippen LogP) is 3.01. The van der Waals surface area contributed by atoms with E-state index < -0.39 is 5.92 Å². The molecule has 2 aromatic rings. The van der Waals surface area contributed by atoms with E-state index in [1.54, 1.807) is 0 Å². The van der Waals surface area contributed by atoms with Gasteiger partial charge in [-0.2, -0.15) is 0 Å². The molecule has 0 N–H and O–H groups in total. The molecule has 0 radical (unpaired) electrons. The minimum atomic E-state index is -0.547. The van der Waals surface area contributed by atoms with Crippen LogP contribution in [0.1, 0.15) is 19.3 Å². The Morgan fingerprint density at radius 2 is 1.75 bits per heavy atom. The molecular weight excluding hydrogens is 302 g/mol. The van der Waals surface area contributed by atoms with E-state index in [0.29, 0.717) is 24.1 Å². The van der Waals surface area contributed by atoms with E-state index in [0.717, 1.165) is 22.8 Å². The molecule has 2 bridgehead atoms.